The van der Waals surface area contributed by atoms with Gasteiger partial charge in [-0.1, -0.05) is 36.4 Å². The Hall–Kier alpha value is -2.56. The zero-order valence-corrected chi connectivity index (χ0v) is 16.1. The fourth-order valence-corrected chi connectivity index (χ4v) is 5.22. The molecule has 0 unspecified atom stereocenters. The lowest BCUT2D eigenvalue weighted by molar-refractivity contribution is 0.574. The van der Waals surface area contributed by atoms with Crippen molar-refractivity contribution in [2.45, 2.75) is 22.9 Å². The fourth-order valence-electron chi connectivity index (χ4n) is 2.57. The molecular formula is C17H18N4O4S2. The SMILES string of the molecule is CS(=O)(=O)c1ccccc1S(=O)(=O)NCc1cccc(Cn2cncn2)c1. The van der Waals surface area contributed by atoms with Gasteiger partial charge in [-0.05, 0) is 23.3 Å². The van der Waals surface area contributed by atoms with Crippen molar-refractivity contribution in [3.63, 3.8) is 0 Å². The zero-order valence-electron chi connectivity index (χ0n) is 14.5. The van der Waals surface area contributed by atoms with Gasteiger partial charge >= 0.3 is 0 Å². The van der Waals surface area contributed by atoms with Crippen molar-refractivity contribution in [1.29, 1.82) is 0 Å². The first kappa shape index (κ1) is 19.2. The molecule has 0 aliphatic heterocycles. The van der Waals surface area contributed by atoms with Crippen LogP contribution in [0.2, 0.25) is 0 Å². The summed E-state index contributed by atoms with van der Waals surface area (Å²) in [5.74, 6) is 0. The summed E-state index contributed by atoms with van der Waals surface area (Å²) in [6, 6.07) is 12.9. The topological polar surface area (TPSA) is 111 Å². The van der Waals surface area contributed by atoms with Crippen LogP contribution in [0.15, 0.2) is 71.0 Å². The van der Waals surface area contributed by atoms with Crippen molar-refractivity contribution in [1.82, 2.24) is 19.5 Å². The lowest BCUT2D eigenvalue weighted by atomic mass is 10.1. The second kappa shape index (κ2) is 7.59. The molecule has 0 amide bonds. The number of nitrogens with zero attached hydrogens (tertiary/aromatic N) is 3. The highest BCUT2D eigenvalue weighted by atomic mass is 32.2. The Kier molecular flexibility index (Phi) is 5.40. The van der Waals surface area contributed by atoms with Crippen LogP contribution in [0.3, 0.4) is 0 Å². The standard InChI is InChI=1S/C17H18N4O4S2/c1-26(22,23)16-7-2-3-8-17(16)27(24,25)20-10-14-5-4-6-15(9-14)11-21-13-18-12-19-21/h2-9,12-13,20H,10-11H2,1H3. The van der Waals surface area contributed by atoms with Gasteiger partial charge < -0.3 is 0 Å². The van der Waals surface area contributed by atoms with Gasteiger partial charge in [0.1, 0.15) is 17.6 Å². The molecule has 0 radical (unpaired) electrons. The average Bonchev–Trinajstić information content (AvgIpc) is 3.13. The third-order valence-corrected chi connectivity index (χ3v) is 6.55. The van der Waals surface area contributed by atoms with E-state index in [2.05, 4.69) is 14.8 Å². The molecule has 0 fully saturated rings. The van der Waals surface area contributed by atoms with E-state index in [1.807, 2.05) is 18.2 Å². The van der Waals surface area contributed by atoms with Crippen LogP contribution >= 0.6 is 0 Å². The summed E-state index contributed by atoms with van der Waals surface area (Å²) in [7, 11) is -7.66. The first-order chi connectivity index (χ1) is 12.8. The van der Waals surface area contributed by atoms with Crippen LogP contribution in [0, 0.1) is 0 Å². The molecule has 0 spiro atoms. The van der Waals surface area contributed by atoms with Crippen LogP contribution in [0.1, 0.15) is 11.1 Å². The Morgan fingerprint density at radius 3 is 2.33 bits per heavy atom. The number of nitrogens with one attached hydrogen (secondary N) is 1. The molecule has 27 heavy (non-hydrogen) atoms. The number of rotatable bonds is 7. The predicted octanol–water partition coefficient (Wildman–Crippen LogP) is 1.21. The lowest BCUT2D eigenvalue weighted by Crippen LogP contribution is -2.25. The minimum absolute atomic E-state index is 0.0334. The van der Waals surface area contributed by atoms with Gasteiger partial charge in [0, 0.05) is 12.8 Å². The Morgan fingerprint density at radius 2 is 1.67 bits per heavy atom. The summed E-state index contributed by atoms with van der Waals surface area (Å²) in [4.78, 5) is 3.40. The Balaban J connectivity index is 1.79. The number of sulfonamides is 1. The molecule has 8 nitrogen and oxygen atoms in total. The molecule has 3 rings (SSSR count). The number of hydrogen-bond acceptors (Lipinski definition) is 6. The largest absolute Gasteiger partial charge is 0.249 e. The van der Waals surface area contributed by atoms with E-state index in [9.17, 15) is 16.8 Å². The van der Waals surface area contributed by atoms with E-state index >= 15 is 0 Å². The van der Waals surface area contributed by atoms with Gasteiger partial charge in [-0.2, -0.15) is 5.10 Å². The first-order valence-corrected chi connectivity index (χ1v) is 11.3. The molecule has 0 aliphatic carbocycles. The molecule has 3 aromatic rings. The van der Waals surface area contributed by atoms with Gasteiger partial charge in [0.05, 0.1) is 11.4 Å². The Bertz CT molecular complexity index is 1140. The van der Waals surface area contributed by atoms with Crippen LogP contribution in [0.4, 0.5) is 0 Å². The molecule has 1 aromatic heterocycles. The summed E-state index contributed by atoms with van der Waals surface area (Å²) >= 11 is 0. The summed E-state index contributed by atoms with van der Waals surface area (Å²) in [5, 5.41) is 4.04. The average molecular weight is 406 g/mol. The molecule has 0 bridgehead atoms. The van der Waals surface area contributed by atoms with E-state index in [1.54, 1.807) is 17.1 Å². The van der Waals surface area contributed by atoms with E-state index < -0.39 is 19.9 Å². The van der Waals surface area contributed by atoms with Gasteiger partial charge in [0.15, 0.2) is 9.84 Å². The molecule has 0 aliphatic rings. The van der Waals surface area contributed by atoms with Gasteiger partial charge in [0.25, 0.3) is 0 Å². The number of aromatic nitrogens is 3. The van der Waals surface area contributed by atoms with Crippen LogP contribution in [-0.4, -0.2) is 37.9 Å². The monoisotopic (exact) mass is 406 g/mol. The quantitative estimate of drug-likeness (QED) is 0.631. The Labute approximate surface area is 157 Å². The van der Waals surface area contributed by atoms with Gasteiger partial charge in [-0.15, -0.1) is 0 Å². The van der Waals surface area contributed by atoms with Crippen LogP contribution in [0.25, 0.3) is 0 Å². The molecule has 0 atom stereocenters. The van der Waals surface area contributed by atoms with Crippen LogP contribution in [0.5, 0.6) is 0 Å². The van der Waals surface area contributed by atoms with Crippen molar-refractivity contribution in [3.05, 3.63) is 72.3 Å². The minimum atomic E-state index is -3.99. The molecule has 2 aromatic carbocycles. The highest BCUT2D eigenvalue weighted by molar-refractivity contribution is 7.93. The van der Waals surface area contributed by atoms with Crippen molar-refractivity contribution < 1.29 is 16.8 Å². The Morgan fingerprint density at radius 1 is 0.963 bits per heavy atom. The van der Waals surface area contributed by atoms with Gasteiger partial charge in [-0.3, -0.25) is 0 Å². The minimum Gasteiger partial charge on any atom is -0.249 e. The highest BCUT2D eigenvalue weighted by Gasteiger charge is 2.23. The maximum Gasteiger partial charge on any atom is 0.242 e. The molecule has 1 N–H and O–H groups in total. The molecule has 142 valence electrons. The van der Waals surface area contributed by atoms with Crippen molar-refractivity contribution in [2.75, 3.05) is 6.26 Å². The normalized spacial score (nSPS) is 12.2. The third kappa shape index (κ3) is 4.79. The van der Waals surface area contributed by atoms with Crippen molar-refractivity contribution in [3.8, 4) is 0 Å². The van der Waals surface area contributed by atoms with E-state index in [0.29, 0.717) is 6.54 Å². The van der Waals surface area contributed by atoms with Crippen molar-refractivity contribution >= 4 is 19.9 Å². The molecular weight excluding hydrogens is 388 g/mol. The summed E-state index contributed by atoms with van der Waals surface area (Å²) < 4.78 is 53.1. The fraction of sp³-hybridized carbons (Fsp3) is 0.176. The predicted molar refractivity (Wildman–Crippen MR) is 99.1 cm³/mol. The molecule has 0 saturated carbocycles. The van der Waals surface area contributed by atoms with E-state index in [0.717, 1.165) is 17.4 Å². The van der Waals surface area contributed by atoms with Crippen LogP contribution < -0.4 is 4.72 Å². The first-order valence-electron chi connectivity index (χ1n) is 7.95. The number of hydrogen-bond donors (Lipinski definition) is 1. The van der Waals surface area contributed by atoms with Crippen LogP contribution in [-0.2, 0) is 33.0 Å². The molecule has 0 saturated heterocycles. The van der Waals surface area contributed by atoms with E-state index in [4.69, 9.17) is 0 Å². The second-order valence-corrected chi connectivity index (χ2v) is 9.68. The lowest BCUT2D eigenvalue weighted by Gasteiger charge is -2.11. The van der Waals surface area contributed by atoms with E-state index in [1.165, 1.54) is 30.6 Å². The molecule has 10 heteroatoms. The summed E-state index contributed by atoms with van der Waals surface area (Å²) in [6.45, 7) is 0.545. The number of sulfone groups is 1. The van der Waals surface area contributed by atoms with Crippen molar-refractivity contribution in [2.24, 2.45) is 0 Å². The van der Waals surface area contributed by atoms with Gasteiger partial charge in [0.2, 0.25) is 10.0 Å². The summed E-state index contributed by atoms with van der Waals surface area (Å²) in [5.41, 5.74) is 1.68. The third-order valence-electron chi connectivity index (χ3n) is 3.81. The number of benzene rings is 2. The maximum atomic E-state index is 12.6. The maximum absolute atomic E-state index is 12.6. The smallest absolute Gasteiger partial charge is 0.242 e. The summed E-state index contributed by atoms with van der Waals surface area (Å²) in [6.07, 6.45) is 4.02. The van der Waals surface area contributed by atoms with Gasteiger partial charge in [-0.25, -0.2) is 31.2 Å². The molecule has 1 heterocycles. The highest BCUT2D eigenvalue weighted by Crippen LogP contribution is 2.20. The zero-order chi connectivity index (χ0) is 19.5. The van der Waals surface area contributed by atoms with E-state index in [-0.39, 0.29) is 16.3 Å². The second-order valence-electron chi connectivity index (χ2n) is 5.96.